The van der Waals surface area contributed by atoms with Crippen LogP contribution in [0.15, 0.2) is 47.8 Å². The summed E-state index contributed by atoms with van der Waals surface area (Å²) in [6.45, 7) is 14.9. The van der Waals surface area contributed by atoms with E-state index in [9.17, 15) is 0 Å². The molecule has 0 amide bonds. The van der Waals surface area contributed by atoms with E-state index < -0.39 is 0 Å². The Kier molecular flexibility index (Phi) is 4.85. The molecule has 0 spiro atoms. The second-order valence-electron chi connectivity index (χ2n) is 8.90. The van der Waals surface area contributed by atoms with Crippen molar-refractivity contribution in [1.82, 2.24) is 9.97 Å². The minimum Gasteiger partial charge on any atom is -0.368 e. The summed E-state index contributed by atoms with van der Waals surface area (Å²) < 4.78 is 0. The van der Waals surface area contributed by atoms with E-state index >= 15 is 0 Å². The van der Waals surface area contributed by atoms with Crippen LogP contribution in [0.2, 0.25) is 0 Å². The summed E-state index contributed by atoms with van der Waals surface area (Å²) in [5.74, 6) is 0. The third kappa shape index (κ3) is 3.75. The first-order valence-corrected chi connectivity index (χ1v) is 9.38. The van der Waals surface area contributed by atoms with Crippen LogP contribution in [0.1, 0.15) is 45.7 Å². The number of nitrogens with zero attached hydrogens (tertiary/aromatic N) is 3. The molecule has 0 saturated heterocycles. The summed E-state index contributed by atoms with van der Waals surface area (Å²) in [4.78, 5) is 14.2. The Morgan fingerprint density at radius 3 is 2.52 bits per heavy atom. The van der Waals surface area contributed by atoms with Crippen LogP contribution in [0.4, 0.5) is 11.4 Å². The summed E-state index contributed by atoms with van der Waals surface area (Å²) >= 11 is 0. The van der Waals surface area contributed by atoms with Gasteiger partial charge in [-0.15, -0.1) is 0 Å². The van der Waals surface area contributed by atoms with E-state index in [0.717, 1.165) is 23.3 Å². The van der Waals surface area contributed by atoms with Gasteiger partial charge in [0.1, 0.15) is 0 Å². The van der Waals surface area contributed by atoms with Crippen LogP contribution < -0.4 is 4.90 Å². The van der Waals surface area contributed by atoms with Crippen LogP contribution in [-0.4, -0.2) is 29.3 Å². The average Bonchev–Trinajstić information content (AvgIpc) is 3.08. The SMILES string of the molecule is C=Nc1cc(CC(C)(C)c2cncc3[nH]ccc23)ccc1N(C)C(C)(C)C. The highest BCUT2D eigenvalue weighted by Gasteiger charge is 2.25. The van der Waals surface area contributed by atoms with Gasteiger partial charge in [0.05, 0.1) is 23.1 Å². The second kappa shape index (κ2) is 6.84. The molecule has 0 aliphatic heterocycles. The maximum absolute atomic E-state index is 4.42. The van der Waals surface area contributed by atoms with E-state index in [1.54, 1.807) is 0 Å². The van der Waals surface area contributed by atoms with E-state index in [1.807, 2.05) is 18.6 Å². The third-order valence-corrected chi connectivity index (χ3v) is 5.43. The largest absolute Gasteiger partial charge is 0.368 e. The molecular weight excluding hydrogens is 332 g/mol. The predicted octanol–water partition coefficient (Wildman–Crippen LogP) is 5.65. The van der Waals surface area contributed by atoms with Crippen molar-refractivity contribution in [2.45, 2.75) is 52.0 Å². The normalized spacial score (nSPS) is 12.4. The zero-order valence-electron chi connectivity index (χ0n) is 17.3. The first-order valence-electron chi connectivity index (χ1n) is 9.38. The smallest absolute Gasteiger partial charge is 0.0858 e. The molecule has 1 aromatic carbocycles. The number of H-pyrrole nitrogens is 1. The molecule has 1 N–H and O–H groups in total. The molecule has 2 heterocycles. The number of aromatic nitrogens is 2. The van der Waals surface area contributed by atoms with Crippen molar-refractivity contribution in [1.29, 1.82) is 0 Å². The van der Waals surface area contributed by atoms with Gasteiger partial charge in [0, 0.05) is 30.4 Å². The van der Waals surface area contributed by atoms with Crippen LogP contribution in [0.25, 0.3) is 10.9 Å². The van der Waals surface area contributed by atoms with Gasteiger partial charge >= 0.3 is 0 Å². The molecule has 3 rings (SSSR count). The minimum absolute atomic E-state index is 0.0236. The lowest BCUT2D eigenvalue weighted by atomic mass is 9.78. The Morgan fingerprint density at radius 2 is 1.85 bits per heavy atom. The topological polar surface area (TPSA) is 44.3 Å². The summed E-state index contributed by atoms with van der Waals surface area (Å²) in [7, 11) is 2.10. The summed E-state index contributed by atoms with van der Waals surface area (Å²) in [6, 6.07) is 8.66. The van der Waals surface area contributed by atoms with Crippen LogP contribution in [0, 0.1) is 0 Å². The molecule has 2 aromatic heterocycles. The number of pyridine rings is 1. The maximum atomic E-state index is 4.42. The summed E-state index contributed by atoms with van der Waals surface area (Å²) in [5, 5.41) is 1.24. The van der Waals surface area contributed by atoms with E-state index in [1.165, 1.54) is 16.5 Å². The van der Waals surface area contributed by atoms with Crippen molar-refractivity contribution in [3.05, 3.63) is 54.0 Å². The molecule has 0 saturated carbocycles. The van der Waals surface area contributed by atoms with Gasteiger partial charge in [-0.05, 0) is 68.7 Å². The lowest BCUT2D eigenvalue weighted by molar-refractivity contribution is 0.524. The van der Waals surface area contributed by atoms with Crippen LogP contribution in [-0.2, 0) is 11.8 Å². The Bertz CT molecular complexity index is 960. The fourth-order valence-electron chi connectivity index (χ4n) is 3.58. The zero-order valence-corrected chi connectivity index (χ0v) is 17.3. The lowest BCUT2D eigenvalue weighted by Gasteiger charge is -2.35. The van der Waals surface area contributed by atoms with Gasteiger partial charge in [-0.3, -0.25) is 9.98 Å². The standard InChI is InChI=1S/C23H30N4/c1-22(2,3)27(7)21-9-8-16(12-19(21)24-6)13-23(4,5)18-14-25-15-20-17(18)10-11-26-20/h8-12,14-15,26H,6,13H2,1-5,7H3. The number of aromatic amines is 1. The molecule has 4 heteroatoms. The van der Waals surface area contributed by atoms with Gasteiger partial charge in [-0.1, -0.05) is 19.9 Å². The van der Waals surface area contributed by atoms with Crippen molar-refractivity contribution in [2.75, 3.05) is 11.9 Å². The number of aliphatic imine (C=N–C) groups is 1. The quantitative estimate of drug-likeness (QED) is 0.596. The third-order valence-electron chi connectivity index (χ3n) is 5.43. The Morgan fingerprint density at radius 1 is 1.11 bits per heavy atom. The average molecular weight is 363 g/mol. The molecule has 0 fully saturated rings. The van der Waals surface area contributed by atoms with E-state index in [2.05, 4.69) is 92.5 Å². The predicted molar refractivity (Wildman–Crippen MR) is 117 cm³/mol. The first-order chi connectivity index (χ1) is 12.6. The molecule has 0 bridgehead atoms. The fourth-order valence-corrected chi connectivity index (χ4v) is 3.58. The second-order valence-corrected chi connectivity index (χ2v) is 8.90. The molecule has 4 nitrogen and oxygen atoms in total. The molecule has 3 aromatic rings. The molecular formula is C23H30N4. The van der Waals surface area contributed by atoms with Gasteiger partial charge in [-0.2, -0.15) is 0 Å². The molecule has 142 valence electrons. The number of anilines is 1. The fraction of sp³-hybridized carbons (Fsp3) is 0.391. The van der Waals surface area contributed by atoms with Crippen LogP contribution >= 0.6 is 0 Å². The van der Waals surface area contributed by atoms with Gasteiger partial charge in [0.25, 0.3) is 0 Å². The molecule has 0 radical (unpaired) electrons. The van der Waals surface area contributed by atoms with Gasteiger partial charge in [0.15, 0.2) is 0 Å². The highest BCUT2D eigenvalue weighted by Crippen LogP contribution is 2.36. The Hall–Kier alpha value is -2.62. The van der Waals surface area contributed by atoms with Crippen molar-refractivity contribution >= 4 is 29.0 Å². The number of rotatable bonds is 5. The first kappa shape index (κ1) is 19.2. The maximum Gasteiger partial charge on any atom is 0.0858 e. The summed E-state index contributed by atoms with van der Waals surface area (Å²) in [6.07, 6.45) is 6.75. The van der Waals surface area contributed by atoms with Crippen molar-refractivity contribution in [2.24, 2.45) is 4.99 Å². The summed E-state index contributed by atoms with van der Waals surface area (Å²) in [5.41, 5.74) is 5.59. The molecule has 0 atom stereocenters. The van der Waals surface area contributed by atoms with E-state index in [-0.39, 0.29) is 11.0 Å². The number of nitrogens with one attached hydrogen (secondary N) is 1. The van der Waals surface area contributed by atoms with Crippen molar-refractivity contribution in [3.8, 4) is 0 Å². The highest BCUT2D eigenvalue weighted by atomic mass is 15.2. The number of benzene rings is 1. The molecule has 0 unspecified atom stereocenters. The highest BCUT2D eigenvalue weighted by molar-refractivity contribution is 5.83. The zero-order chi connectivity index (χ0) is 19.8. The van der Waals surface area contributed by atoms with Crippen LogP contribution in [0.5, 0.6) is 0 Å². The number of hydrogen-bond donors (Lipinski definition) is 1. The number of fused-ring (bicyclic) bond motifs is 1. The van der Waals surface area contributed by atoms with Crippen molar-refractivity contribution < 1.29 is 0 Å². The van der Waals surface area contributed by atoms with E-state index in [4.69, 9.17) is 0 Å². The molecule has 0 aliphatic rings. The van der Waals surface area contributed by atoms with Gasteiger partial charge in [0.2, 0.25) is 0 Å². The van der Waals surface area contributed by atoms with Crippen molar-refractivity contribution in [3.63, 3.8) is 0 Å². The minimum atomic E-state index is -0.0510. The lowest BCUT2D eigenvalue weighted by Crippen LogP contribution is -2.38. The van der Waals surface area contributed by atoms with Gasteiger partial charge < -0.3 is 9.88 Å². The molecule has 0 aliphatic carbocycles. The van der Waals surface area contributed by atoms with Gasteiger partial charge in [-0.25, -0.2) is 0 Å². The van der Waals surface area contributed by atoms with Crippen LogP contribution in [0.3, 0.4) is 0 Å². The molecule has 27 heavy (non-hydrogen) atoms. The Balaban J connectivity index is 1.95. The monoisotopic (exact) mass is 362 g/mol. The van der Waals surface area contributed by atoms with E-state index in [0.29, 0.717) is 0 Å². The number of hydrogen-bond acceptors (Lipinski definition) is 3. The Labute approximate surface area is 162 Å².